The molecule has 2 aromatic carbocycles. The molecule has 1 aliphatic heterocycles. The molecule has 3 rings (SSSR count). The smallest absolute Gasteiger partial charge is 0.229 e. The van der Waals surface area contributed by atoms with Crippen LogP contribution in [-0.4, -0.2) is 80.2 Å². The minimum Gasteiger partial charge on any atom is -0.547 e. The average molecular weight is 544 g/mol. The first-order valence-electron chi connectivity index (χ1n) is 11.5. The van der Waals surface area contributed by atoms with E-state index in [1.807, 2.05) is 0 Å². The molecule has 1 aliphatic rings. The number of rotatable bonds is 10. The molecule has 1 heterocycles. The molecule has 1 fully saturated rings. The van der Waals surface area contributed by atoms with Gasteiger partial charge in [-0.25, -0.2) is 0 Å². The number of carboxylic acid groups (broad SMARTS) is 1. The Bertz CT molecular complexity index is 1280. The molecule has 39 heavy (non-hydrogen) atoms. The van der Waals surface area contributed by atoms with E-state index in [4.69, 9.17) is 14.2 Å². The average Bonchev–Trinajstić information content (AvgIpc) is 2.91. The van der Waals surface area contributed by atoms with Gasteiger partial charge in [-0.15, -0.1) is 0 Å². The van der Waals surface area contributed by atoms with E-state index in [9.17, 15) is 45.3 Å². The number of hydrogen-bond acceptors (Lipinski definition) is 12. The topological polar surface area (TPSA) is 206 Å². The van der Waals surface area contributed by atoms with E-state index in [0.717, 1.165) is 6.08 Å². The third-order valence-electron chi connectivity index (χ3n) is 5.68. The third kappa shape index (κ3) is 7.44. The molecule has 5 atom stereocenters. The number of allylic oxidation sites excluding steroid dienone is 3. The van der Waals surface area contributed by atoms with Gasteiger partial charge in [-0.2, -0.15) is 0 Å². The number of aliphatic hydroxyl groups is 5. The van der Waals surface area contributed by atoms with Crippen LogP contribution in [0, 0.1) is 0 Å². The third-order valence-corrected chi connectivity index (χ3v) is 5.68. The summed E-state index contributed by atoms with van der Waals surface area (Å²) in [6.45, 7) is -0.540. The van der Waals surface area contributed by atoms with Crippen LogP contribution >= 0.6 is 0 Å². The van der Waals surface area contributed by atoms with Crippen molar-refractivity contribution in [2.24, 2.45) is 0 Å². The molecular formula is C27H27O12-. The van der Waals surface area contributed by atoms with E-state index < -0.39 is 49.1 Å². The highest BCUT2D eigenvalue weighted by molar-refractivity contribution is 6.02. The number of phenols is 1. The Morgan fingerprint density at radius 2 is 1.64 bits per heavy atom. The minimum atomic E-state index is -1.95. The van der Waals surface area contributed by atoms with E-state index in [1.165, 1.54) is 61.7 Å². The van der Waals surface area contributed by atoms with Crippen molar-refractivity contribution in [3.8, 4) is 17.2 Å². The van der Waals surface area contributed by atoms with Crippen molar-refractivity contribution in [1.82, 2.24) is 0 Å². The number of carbonyl (C=O) groups is 2. The lowest BCUT2D eigenvalue weighted by atomic mass is 9.99. The lowest BCUT2D eigenvalue weighted by molar-refractivity contribution is -0.342. The highest BCUT2D eigenvalue weighted by Gasteiger charge is 2.45. The van der Waals surface area contributed by atoms with Crippen LogP contribution in [0.25, 0.3) is 12.2 Å². The zero-order valence-electron chi connectivity index (χ0n) is 20.6. The quantitative estimate of drug-likeness (QED) is 0.128. The van der Waals surface area contributed by atoms with Gasteiger partial charge < -0.3 is 54.8 Å². The SMILES string of the molecule is COc1cc(/C=C/C(=O)/C=C(O)/C=C/c2ccc(OC3OC(C(=O)[O-])C(O)C(O)C3O)c(CO)c2)ccc1O. The van der Waals surface area contributed by atoms with Crippen LogP contribution in [0.1, 0.15) is 16.7 Å². The number of aromatic hydroxyl groups is 1. The van der Waals surface area contributed by atoms with Crippen molar-refractivity contribution >= 4 is 23.9 Å². The van der Waals surface area contributed by atoms with E-state index in [-0.39, 0.29) is 28.6 Å². The second kappa shape index (κ2) is 13.0. The number of phenolic OH excluding ortho intramolecular Hbond substituents is 1. The second-order valence-electron chi connectivity index (χ2n) is 8.43. The number of carbonyl (C=O) groups excluding carboxylic acids is 2. The highest BCUT2D eigenvalue weighted by Crippen LogP contribution is 2.28. The number of ketones is 1. The molecule has 0 amide bonds. The molecule has 0 saturated carbocycles. The summed E-state index contributed by atoms with van der Waals surface area (Å²) in [4.78, 5) is 23.3. The predicted molar refractivity (Wildman–Crippen MR) is 133 cm³/mol. The first-order chi connectivity index (χ1) is 18.5. The van der Waals surface area contributed by atoms with Crippen molar-refractivity contribution in [1.29, 1.82) is 0 Å². The molecule has 0 aliphatic carbocycles. The molecule has 0 radical (unpaired) electrons. The van der Waals surface area contributed by atoms with Crippen LogP contribution in [0.5, 0.6) is 17.2 Å². The van der Waals surface area contributed by atoms with Crippen LogP contribution in [0.3, 0.4) is 0 Å². The Morgan fingerprint density at radius 1 is 0.974 bits per heavy atom. The highest BCUT2D eigenvalue weighted by atomic mass is 16.7. The normalized spacial score (nSPS) is 23.7. The van der Waals surface area contributed by atoms with Gasteiger partial charge in [0.1, 0.15) is 35.9 Å². The summed E-state index contributed by atoms with van der Waals surface area (Å²) >= 11 is 0. The van der Waals surface area contributed by atoms with Crippen LogP contribution in [0.2, 0.25) is 0 Å². The van der Waals surface area contributed by atoms with Crippen LogP contribution in [-0.2, 0) is 20.9 Å². The van der Waals surface area contributed by atoms with Gasteiger partial charge in [0.15, 0.2) is 17.3 Å². The van der Waals surface area contributed by atoms with Crippen LogP contribution in [0.4, 0.5) is 0 Å². The van der Waals surface area contributed by atoms with E-state index in [1.54, 1.807) is 6.07 Å². The number of aliphatic hydroxyl groups excluding tert-OH is 5. The van der Waals surface area contributed by atoms with Crippen molar-refractivity contribution in [2.45, 2.75) is 37.3 Å². The fourth-order valence-electron chi connectivity index (χ4n) is 3.61. The monoisotopic (exact) mass is 543 g/mol. The van der Waals surface area contributed by atoms with E-state index in [2.05, 4.69) is 0 Å². The zero-order chi connectivity index (χ0) is 28.7. The van der Waals surface area contributed by atoms with Gasteiger partial charge >= 0.3 is 0 Å². The maximum Gasteiger partial charge on any atom is 0.229 e. The molecule has 208 valence electrons. The van der Waals surface area contributed by atoms with Crippen molar-refractivity contribution in [3.05, 3.63) is 77.1 Å². The first-order valence-corrected chi connectivity index (χ1v) is 11.5. The summed E-state index contributed by atoms with van der Waals surface area (Å²) < 4.78 is 15.5. The molecule has 6 N–H and O–H groups in total. The Labute approximate surface area is 222 Å². The molecule has 12 nitrogen and oxygen atoms in total. The summed E-state index contributed by atoms with van der Waals surface area (Å²) in [5, 5.41) is 70.4. The summed E-state index contributed by atoms with van der Waals surface area (Å²) in [5.74, 6) is -2.51. The Balaban J connectivity index is 1.68. The van der Waals surface area contributed by atoms with Gasteiger partial charge in [0.05, 0.1) is 19.7 Å². The molecule has 1 saturated heterocycles. The van der Waals surface area contributed by atoms with Crippen molar-refractivity contribution < 1.29 is 59.5 Å². The van der Waals surface area contributed by atoms with E-state index in [0.29, 0.717) is 11.1 Å². The molecule has 12 heteroatoms. The summed E-state index contributed by atoms with van der Waals surface area (Å²) in [6.07, 6.45) is -2.92. The van der Waals surface area contributed by atoms with Gasteiger partial charge in [0.25, 0.3) is 0 Å². The molecular weight excluding hydrogens is 516 g/mol. The Morgan fingerprint density at radius 3 is 2.31 bits per heavy atom. The Kier molecular flexibility index (Phi) is 9.82. The lowest BCUT2D eigenvalue weighted by Gasteiger charge is -2.40. The maximum atomic E-state index is 12.1. The van der Waals surface area contributed by atoms with Gasteiger partial charge in [0, 0.05) is 11.6 Å². The van der Waals surface area contributed by atoms with Crippen molar-refractivity contribution in [3.63, 3.8) is 0 Å². The molecule has 0 bridgehead atoms. The molecule has 0 aromatic heterocycles. The van der Waals surface area contributed by atoms with Gasteiger partial charge in [-0.3, -0.25) is 4.79 Å². The maximum absolute atomic E-state index is 12.1. The molecule has 5 unspecified atom stereocenters. The summed E-state index contributed by atoms with van der Waals surface area (Å²) in [7, 11) is 1.39. The number of ether oxygens (including phenoxy) is 3. The minimum absolute atomic E-state index is 0.00896. The fraction of sp³-hybridized carbons (Fsp3) is 0.259. The number of benzene rings is 2. The second-order valence-corrected chi connectivity index (χ2v) is 8.43. The van der Waals surface area contributed by atoms with Gasteiger partial charge in [-0.05, 0) is 47.5 Å². The van der Waals surface area contributed by atoms with E-state index >= 15 is 0 Å². The number of hydrogen-bond donors (Lipinski definition) is 6. The standard InChI is InChI=1S/C27H28O12/c1-37-21-11-15(4-8-19(21)31)3-7-18(30)12-17(29)6-2-14-5-9-20(16(10-14)13-28)38-27-24(34)22(32)23(33)25(39-27)26(35)36/h2-12,22-25,27-29,31-34H,13H2,1H3,(H,35,36)/p-1/b6-2+,7-3+,17-12-. The summed E-state index contributed by atoms with van der Waals surface area (Å²) in [6, 6.07) is 8.84. The Hall–Kier alpha value is -4.20. The predicted octanol–water partition coefficient (Wildman–Crippen LogP) is -0.433. The number of carboxylic acids is 1. The lowest BCUT2D eigenvalue weighted by Crippen LogP contribution is -2.63. The zero-order valence-corrected chi connectivity index (χ0v) is 20.6. The molecule has 2 aromatic rings. The first kappa shape index (κ1) is 29.4. The fourth-order valence-corrected chi connectivity index (χ4v) is 3.61. The molecule has 0 spiro atoms. The number of methoxy groups -OCH3 is 1. The van der Waals surface area contributed by atoms with Crippen LogP contribution < -0.4 is 14.6 Å². The van der Waals surface area contributed by atoms with Crippen molar-refractivity contribution in [2.75, 3.05) is 7.11 Å². The van der Waals surface area contributed by atoms with Gasteiger partial charge in [0.2, 0.25) is 6.29 Å². The largest absolute Gasteiger partial charge is 0.547 e. The van der Waals surface area contributed by atoms with Crippen LogP contribution in [0.15, 0.2) is 60.4 Å². The van der Waals surface area contributed by atoms with Gasteiger partial charge in [-0.1, -0.05) is 24.3 Å². The summed E-state index contributed by atoms with van der Waals surface area (Å²) in [5.41, 5.74) is 1.25. The number of aliphatic carboxylic acids is 1.